The molecule has 2 heterocycles. The van der Waals surface area contributed by atoms with Gasteiger partial charge in [-0.05, 0) is 12.5 Å². The van der Waals surface area contributed by atoms with Gasteiger partial charge in [0.1, 0.15) is 5.75 Å². The van der Waals surface area contributed by atoms with Gasteiger partial charge in [0.25, 0.3) is 5.56 Å². The Kier molecular flexibility index (Phi) is 4.25. The highest BCUT2D eigenvalue weighted by molar-refractivity contribution is 5.59. The monoisotopic (exact) mass is 299 g/mol. The topological polar surface area (TPSA) is 67.9 Å². The maximum Gasteiger partial charge on any atom is 0.449 e. The predicted molar refractivity (Wildman–Crippen MR) is 68.9 cm³/mol. The van der Waals surface area contributed by atoms with Crippen LogP contribution in [-0.2, 0) is 6.18 Å². The molecule has 2 aromatic heterocycles. The molecule has 0 bridgehead atoms. The molecule has 1 N–H and O–H groups in total. The number of alkyl halides is 3. The Morgan fingerprint density at radius 1 is 1.29 bits per heavy atom. The van der Waals surface area contributed by atoms with Crippen molar-refractivity contribution in [1.29, 1.82) is 0 Å². The summed E-state index contributed by atoms with van der Waals surface area (Å²) in [5.41, 5.74) is -0.715. The molecule has 0 unspecified atom stereocenters. The molecule has 112 valence electrons. The molecular weight excluding hydrogens is 287 g/mol. The molecule has 0 aromatic carbocycles. The van der Waals surface area contributed by atoms with E-state index in [0.717, 1.165) is 12.5 Å². The summed E-state index contributed by atoms with van der Waals surface area (Å²) in [7, 11) is 0. The van der Waals surface area contributed by atoms with Crippen molar-refractivity contribution in [3.8, 4) is 17.0 Å². The molecule has 2 rings (SSSR count). The summed E-state index contributed by atoms with van der Waals surface area (Å²) < 4.78 is 43.3. The van der Waals surface area contributed by atoms with E-state index in [9.17, 15) is 18.0 Å². The number of hydrogen-bond donors (Lipinski definition) is 1. The lowest BCUT2D eigenvalue weighted by Crippen LogP contribution is -2.18. The summed E-state index contributed by atoms with van der Waals surface area (Å²) >= 11 is 0. The predicted octanol–water partition coefficient (Wildman–Crippen LogP) is 2.64. The lowest BCUT2D eigenvalue weighted by atomic mass is 10.2. The molecule has 21 heavy (non-hydrogen) atoms. The van der Waals surface area contributed by atoms with Gasteiger partial charge in [-0.15, -0.1) is 0 Å². The lowest BCUT2D eigenvalue weighted by Gasteiger charge is -2.08. The van der Waals surface area contributed by atoms with E-state index in [1.54, 1.807) is 4.98 Å². The van der Waals surface area contributed by atoms with E-state index in [-0.39, 0.29) is 11.3 Å². The summed E-state index contributed by atoms with van der Waals surface area (Å²) in [4.78, 5) is 20.3. The van der Waals surface area contributed by atoms with Gasteiger partial charge in [0.05, 0.1) is 18.5 Å². The second-order valence-electron chi connectivity index (χ2n) is 4.23. The number of aromatic nitrogens is 3. The Morgan fingerprint density at radius 3 is 2.71 bits per heavy atom. The summed E-state index contributed by atoms with van der Waals surface area (Å²) in [6.07, 6.45) is -1.18. The fourth-order valence-electron chi connectivity index (χ4n) is 1.60. The molecule has 0 atom stereocenters. The third-order valence-corrected chi connectivity index (χ3v) is 2.49. The van der Waals surface area contributed by atoms with Gasteiger partial charge < -0.3 is 9.72 Å². The molecule has 0 aliphatic carbocycles. The molecule has 0 saturated carbocycles. The van der Waals surface area contributed by atoms with Gasteiger partial charge in [-0.25, -0.2) is 4.98 Å². The van der Waals surface area contributed by atoms with Crippen LogP contribution in [0.3, 0.4) is 0 Å². The molecule has 0 aliphatic rings. The third kappa shape index (κ3) is 3.80. The molecule has 0 amide bonds. The smallest absolute Gasteiger partial charge is 0.449 e. The highest BCUT2D eigenvalue weighted by Crippen LogP contribution is 2.27. The van der Waals surface area contributed by atoms with E-state index in [1.165, 1.54) is 18.5 Å². The minimum Gasteiger partial charge on any atom is -0.492 e. The number of rotatable bonds is 4. The molecule has 2 aromatic rings. The second-order valence-corrected chi connectivity index (χ2v) is 4.23. The van der Waals surface area contributed by atoms with Crippen LogP contribution in [0.4, 0.5) is 13.2 Å². The maximum atomic E-state index is 12.6. The van der Waals surface area contributed by atoms with E-state index in [0.29, 0.717) is 12.4 Å². The van der Waals surface area contributed by atoms with Crippen molar-refractivity contribution in [3.05, 3.63) is 40.7 Å². The van der Waals surface area contributed by atoms with Crippen LogP contribution in [0.15, 0.2) is 29.3 Å². The first kappa shape index (κ1) is 15.0. The van der Waals surface area contributed by atoms with Crippen molar-refractivity contribution < 1.29 is 17.9 Å². The van der Waals surface area contributed by atoms with Crippen LogP contribution in [0.1, 0.15) is 19.2 Å². The van der Waals surface area contributed by atoms with Crippen LogP contribution >= 0.6 is 0 Å². The lowest BCUT2D eigenvalue weighted by molar-refractivity contribution is -0.145. The van der Waals surface area contributed by atoms with Crippen molar-refractivity contribution in [3.63, 3.8) is 0 Å². The zero-order chi connectivity index (χ0) is 15.5. The number of H-pyrrole nitrogens is 1. The van der Waals surface area contributed by atoms with Gasteiger partial charge in [-0.1, -0.05) is 6.92 Å². The van der Waals surface area contributed by atoms with Gasteiger partial charge in [-0.2, -0.15) is 13.2 Å². The Hall–Kier alpha value is -2.38. The van der Waals surface area contributed by atoms with E-state index in [1.807, 2.05) is 6.92 Å². The SMILES string of the molecule is CCCOc1cncc(-c2cc(=O)[nH]c(C(F)(F)F)n2)c1. The standard InChI is InChI=1S/C13H12F3N3O2/c1-2-3-21-9-4-8(6-17-7-9)10-5-11(20)19-12(18-10)13(14,15)16/h4-7H,2-3H2,1H3,(H,18,19,20). The number of aromatic amines is 1. The highest BCUT2D eigenvalue weighted by atomic mass is 19.4. The fraction of sp³-hybridized carbons (Fsp3) is 0.308. The molecule has 8 heteroatoms. The maximum absolute atomic E-state index is 12.6. The van der Waals surface area contributed by atoms with Gasteiger partial charge in [0, 0.05) is 17.8 Å². The van der Waals surface area contributed by atoms with Crippen LogP contribution in [-0.4, -0.2) is 21.6 Å². The van der Waals surface area contributed by atoms with Gasteiger partial charge >= 0.3 is 6.18 Å². The summed E-state index contributed by atoms with van der Waals surface area (Å²) in [6.45, 7) is 2.38. The van der Waals surface area contributed by atoms with Crippen molar-refractivity contribution in [2.45, 2.75) is 19.5 Å². The largest absolute Gasteiger partial charge is 0.492 e. The Balaban J connectivity index is 2.42. The van der Waals surface area contributed by atoms with Crippen molar-refractivity contribution in [1.82, 2.24) is 15.0 Å². The second kappa shape index (κ2) is 5.94. The highest BCUT2D eigenvalue weighted by Gasteiger charge is 2.34. The van der Waals surface area contributed by atoms with Gasteiger partial charge in [0.15, 0.2) is 0 Å². The van der Waals surface area contributed by atoms with Crippen molar-refractivity contribution in [2.24, 2.45) is 0 Å². The van der Waals surface area contributed by atoms with Crippen molar-refractivity contribution in [2.75, 3.05) is 6.61 Å². The number of pyridine rings is 1. The number of hydrogen-bond acceptors (Lipinski definition) is 4. The minimum atomic E-state index is -4.72. The van der Waals surface area contributed by atoms with Crippen LogP contribution in [0, 0.1) is 0 Å². The summed E-state index contributed by atoms with van der Waals surface area (Å²) in [6, 6.07) is 2.47. The Bertz CT molecular complexity index is 683. The minimum absolute atomic E-state index is 0.111. The van der Waals surface area contributed by atoms with Crippen molar-refractivity contribution >= 4 is 0 Å². The average molecular weight is 299 g/mol. The zero-order valence-electron chi connectivity index (χ0n) is 11.1. The molecule has 0 radical (unpaired) electrons. The normalized spacial score (nSPS) is 11.4. The fourth-order valence-corrected chi connectivity index (χ4v) is 1.60. The number of nitrogens with one attached hydrogen (secondary N) is 1. The molecule has 5 nitrogen and oxygen atoms in total. The van der Waals surface area contributed by atoms with E-state index < -0.39 is 17.6 Å². The Labute approximate surface area is 117 Å². The Morgan fingerprint density at radius 2 is 2.05 bits per heavy atom. The quantitative estimate of drug-likeness (QED) is 0.942. The summed E-state index contributed by atoms with van der Waals surface area (Å²) in [5.74, 6) is -0.935. The van der Waals surface area contributed by atoms with E-state index in [4.69, 9.17) is 4.74 Å². The van der Waals surface area contributed by atoms with Crippen LogP contribution in [0.25, 0.3) is 11.3 Å². The first-order valence-electron chi connectivity index (χ1n) is 6.17. The number of halogens is 3. The first-order chi connectivity index (χ1) is 9.90. The third-order valence-electron chi connectivity index (χ3n) is 2.49. The van der Waals surface area contributed by atoms with Crippen LogP contribution < -0.4 is 10.3 Å². The zero-order valence-corrected chi connectivity index (χ0v) is 11.1. The number of ether oxygens (including phenoxy) is 1. The molecular formula is C13H12F3N3O2. The molecule has 0 fully saturated rings. The average Bonchev–Trinajstić information content (AvgIpc) is 2.44. The van der Waals surface area contributed by atoms with E-state index >= 15 is 0 Å². The molecule has 0 aliphatic heterocycles. The first-order valence-corrected chi connectivity index (χ1v) is 6.17. The van der Waals surface area contributed by atoms with E-state index in [2.05, 4.69) is 9.97 Å². The molecule has 0 saturated heterocycles. The van der Waals surface area contributed by atoms with Gasteiger partial charge in [0.2, 0.25) is 5.82 Å². The molecule has 0 spiro atoms. The van der Waals surface area contributed by atoms with Crippen LogP contribution in [0.2, 0.25) is 0 Å². The number of nitrogens with zero attached hydrogens (tertiary/aromatic N) is 2. The van der Waals surface area contributed by atoms with Crippen LogP contribution in [0.5, 0.6) is 5.75 Å². The summed E-state index contributed by atoms with van der Waals surface area (Å²) in [5, 5.41) is 0. The van der Waals surface area contributed by atoms with Gasteiger partial charge in [-0.3, -0.25) is 9.78 Å².